The molecule has 2 heteroatoms. The van der Waals surface area contributed by atoms with E-state index < -0.39 is 0 Å². The smallest absolute Gasteiger partial charge is 0.0828 e. The van der Waals surface area contributed by atoms with Gasteiger partial charge in [0.25, 0.3) is 0 Å². The van der Waals surface area contributed by atoms with E-state index in [2.05, 4.69) is 27.4 Å². The summed E-state index contributed by atoms with van der Waals surface area (Å²) in [6, 6.07) is 0. The molecule has 18 heavy (non-hydrogen) atoms. The lowest BCUT2D eigenvalue weighted by Crippen LogP contribution is -2.34. The Labute approximate surface area is 112 Å². The number of rotatable bonds is 6. The van der Waals surface area contributed by atoms with Crippen LogP contribution in [0.1, 0.15) is 40.0 Å². The van der Waals surface area contributed by atoms with Gasteiger partial charge in [-0.3, -0.25) is 0 Å². The van der Waals surface area contributed by atoms with Gasteiger partial charge in [0.1, 0.15) is 0 Å². The summed E-state index contributed by atoms with van der Waals surface area (Å²) in [6.07, 6.45) is 7.73. The first-order valence-electron chi connectivity index (χ1n) is 7.03. The average Bonchev–Trinajstić information content (AvgIpc) is 2.33. The Morgan fingerprint density at radius 1 is 1.39 bits per heavy atom. The first-order chi connectivity index (χ1) is 8.54. The zero-order chi connectivity index (χ0) is 13.5. The molecule has 0 spiro atoms. The molecule has 0 aromatic rings. The Kier molecular flexibility index (Phi) is 6.48. The van der Waals surface area contributed by atoms with Gasteiger partial charge in [-0.05, 0) is 42.2 Å². The summed E-state index contributed by atoms with van der Waals surface area (Å²) in [5.74, 6) is 2.18. The number of ether oxygens (including phenoxy) is 2. The van der Waals surface area contributed by atoms with Gasteiger partial charge in [-0.2, -0.15) is 0 Å². The van der Waals surface area contributed by atoms with Gasteiger partial charge >= 0.3 is 0 Å². The van der Waals surface area contributed by atoms with Crippen LogP contribution in [0.3, 0.4) is 0 Å². The highest BCUT2D eigenvalue weighted by Crippen LogP contribution is 2.35. The Morgan fingerprint density at radius 3 is 2.72 bits per heavy atom. The second kappa shape index (κ2) is 7.63. The molecule has 104 valence electrons. The predicted octanol–water partition coefficient (Wildman–Crippen LogP) is 4.18. The highest BCUT2D eigenvalue weighted by atomic mass is 16.5. The largest absolute Gasteiger partial charge is 0.504 e. The second-order valence-corrected chi connectivity index (χ2v) is 5.87. The van der Waals surface area contributed by atoms with Gasteiger partial charge in [0.2, 0.25) is 0 Å². The van der Waals surface area contributed by atoms with Crippen LogP contribution in [0.4, 0.5) is 0 Å². The van der Waals surface area contributed by atoms with E-state index in [1.807, 2.05) is 6.08 Å². The summed E-state index contributed by atoms with van der Waals surface area (Å²) in [6.45, 7) is 11.5. The van der Waals surface area contributed by atoms with Crippen molar-refractivity contribution in [2.24, 2.45) is 17.8 Å². The average molecular weight is 252 g/mol. The highest BCUT2D eigenvalue weighted by molar-refractivity contribution is 5.12. The SMILES string of the molecule is C=C(/C=C/OC)CO[C@@H]1C[C@H](C)CC[C@H]1C(C)C. The van der Waals surface area contributed by atoms with Gasteiger partial charge in [0.05, 0.1) is 26.1 Å². The van der Waals surface area contributed by atoms with Crippen molar-refractivity contribution in [1.29, 1.82) is 0 Å². The Hall–Kier alpha value is -0.760. The number of hydrogen-bond acceptors (Lipinski definition) is 2. The van der Waals surface area contributed by atoms with Gasteiger partial charge in [0.15, 0.2) is 0 Å². The fraction of sp³-hybridized carbons (Fsp3) is 0.750. The normalized spacial score (nSPS) is 28.8. The number of methoxy groups -OCH3 is 1. The summed E-state index contributed by atoms with van der Waals surface area (Å²) >= 11 is 0. The van der Waals surface area contributed by atoms with Crippen LogP contribution in [-0.2, 0) is 9.47 Å². The third kappa shape index (κ3) is 4.85. The summed E-state index contributed by atoms with van der Waals surface area (Å²) in [7, 11) is 1.64. The molecule has 1 rings (SSSR count). The molecule has 0 radical (unpaired) electrons. The first-order valence-corrected chi connectivity index (χ1v) is 7.03. The van der Waals surface area contributed by atoms with Crippen LogP contribution < -0.4 is 0 Å². The highest BCUT2D eigenvalue weighted by Gasteiger charge is 2.31. The molecule has 0 N–H and O–H groups in total. The molecule has 0 unspecified atom stereocenters. The fourth-order valence-corrected chi connectivity index (χ4v) is 2.73. The molecule has 0 bridgehead atoms. The van der Waals surface area contributed by atoms with E-state index >= 15 is 0 Å². The van der Waals surface area contributed by atoms with E-state index in [0.29, 0.717) is 24.5 Å². The Morgan fingerprint density at radius 2 is 2.11 bits per heavy atom. The van der Waals surface area contributed by atoms with E-state index in [-0.39, 0.29) is 0 Å². The third-order valence-corrected chi connectivity index (χ3v) is 3.88. The van der Waals surface area contributed by atoms with Crippen molar-refractivity contribution in [1.82, 2.24) is 0 Å². The van der Waals surface area contributed by atoms with Crippen molar-refractivity contribution in [2.45, 2.75) is 46.1 Å². The van der Waals surface area contributed by atoms with Crippen LogP contribution in [0.25, 0.3) is 0 Å². The van der Waals surface area contributed by atoms with E-state index in [9.17, 15) is 0 Å². The van der Waals surface area contributed by atoms with E-state index in [4.69, 9.17) is 9.47 Å². The van der Waals surface area contributed by atoms with Crippen molar-refractivity contribution in [3.8, 4) is 0 Å². The molecule has 0 heterocycles. The quantitative estimate of drug-likeness (QED) is 0.521. The molecule has 0 aromatic heterocycles. The van der Waals surface area contributed by atoms with Crippen molar-refractivity contribution in [2.75, 3.05) is 13.7 Å². The molecule has 0 aliphatic heterocycles. The van der Waals surface area contributed by atoms with Crippen molar-refractivity contribution in [3.63, 3.8) is 0 Å². The van der Waals surface area contributed by atoms with Crippen LogP contribution in [0.2, 0.25) is 0 Å². The minimum absolute atomic E-state index is 0.390. The van der Waals surface area contributed by atoms with Crippen LogP contribution in [0.15, 0.2) is 24.5 Å². The molecule has 1 saturated carbocycles. The maximum absolute atomic E-state index is 6.08. The molecule has 0 aromatic carbocycles. The molecular weight excluding hydrogens is 224 g/mol. The van der Waals surface area contributed by atoms with Crippen molar-refractivity contribution < 1.29 is 9.47 Å². The van der Waals surface area contributed by atoms with E-state index in [0.717, 1.165) is 11.5 Å². The number of hydrogen-bond donors (Lipinski definition) is 0. The fourth-order valence-electron chi connectivity index (χ4n) is 2.73. The minimum atomic E-state index is 0.390. The van der Waals surface area contributed by atoms with Gasteiger partial charge in [-0.1, -0.05) is 33.8 Å². The molecule has 1 aliphatic rings. The first kappa shape index (κ1) is 15.3. The van der Waals surface area contributed by atoms with Crippen molar-refractivity contribution >= 4 is 0 Å². The maximum Gasteiger partial charge on any atom is 0.0828 e. The van der Waals surface area contributed by atoms with Gasteiger partial charge in [0, 0.05) is 0 Å². The van der Waals surface area contributed by atoms with Crippen LogP contribution >= 0.6 is 0 Å². The molecule has 0 saturated heterocycles. The topological polar surface area (TPSA) is 18.5 Å². The molecule has 1 fully saturated rings. The zero-order valence-electron chi connectivity index (χ0n) is 12.3. The van der Waals surface area contributed by atoms with Crippen LogP contribution in [0, 0.1) is 17.8 Å². The lowest BCUT2D eigenvalue weighted by Gasteiger charge is -2.37. The zero-order valence-corrected chi connectivity index (χ0v) is 12.3. The lowest BCUT2D eigenvalue weighted by atomic mass is 9.75. The monoisotopic (exact) mass is 252 g/mol. The second-order valence-electron chi connectivity index (χ2n) is 5.87. The molecule has 0 amide bonds. The standard InChI is InChI=1S/C16H28O2/c1-12(2)15-7-6-13(3)10-16(15)18-11-14(4)8-9-17-5/h8-9,12-13,15-16H,4,6-7,10-11H2,1-3,5H3/b9-8+/t13-,15+,16-/m1/s1. The van der Waals surface area contributed by atoms with Gasteiger partial charge in [-0.15, -0.1) is 0 Å². The molecule has 1 aliphatic carbocycles. The molecule has 2 nitrogen and oxygen atoms in total. The minimum Gasteiger partial charge on any atom is -0.504 e. The maximum atomic E-state index is 6.08. The van der Waals surface area contributed by atoms with Crippen LogP contribution in [0.5, 0.6) is 0 Å². The summed E-state index contributed by atoms with van der Waals surface area (Å²) in [5.41, 5.74) is 0.970. The van der Waals surface area contributed by atoms with Crippen molar-refractivity contribution in [3.05, 3.63) is 24.5 Å². The van der Waals surface area contributed by atoms with E-state index in [1.165, 1.54) is 19.3 Å². The van der Waals surface area contributed by atoms with Gasteiger partial charge < -0.3 is 9.47 Å². The Bertz CT molecular complexity index is 281. The Balaban J connectivity index is 2.46. The van der Waals surface area contributed by atoms with Gasteiger partial charge in [-0.25, -0.2) is 0 Å². The van der Waals surface area contributed by atoms with Crippen LogP contribution in [-0.4, -0.2) is 19.8 Å². The predicted molar refractivity (Wildman–Crippen MR) is 76.4 cm³/mol. The molecule has 3 atom stereocenters. The lowest BCUT2D eigenvalue weighted by molar-refractivity contribution is -0.0280. The van der Waals surface area contributed by atoms with E-state index in [1.54, 1.807) is 13.4 Å². The summed E-state index contributed by atoms with van der Waals surface area (Å²) < 4.78 is 11.0. The molecular formula is C16H28O2. The summed E-state index contributed by atoms with van der Waals surface area (Å²) in [4.78, 5) is 0. The third-order valence-electron chi connectivity index (χ3n) is 3.88. The summed E-state index contributed by atoms with van der Waals surface area (Å²) in [5, 5.41) is 0.